The van der Waals surface area contributed by atoms with Gasteiger partial charge in [-0.25, -0.2) is 0 Å². The van der Waals surface area contributed by atoms with Crippen molar-refractivity contribution in [3.05, 3.63) is 29.0 Å². The van der Waals surface area contributed by atoms with Crippen LogP contribution >= 0.6 is 11.6 Å². The third kappa shape index (κ3) is 2.37. The molecule has 2 nitrogen and oxygen atoms in total. The van der Waals surface area contributed by atoms with E-state index in [1.807, 2.05) is 20.8 Å². The predicted molar refractivity (Wildman–Crippen MR) is 62.3 cm³/mol. The van der Waals surface area contributed by atoms with E-state index in [4.69, 9.17) is 11.6 Å². The fraction of sp³-hybridized carbons (Fsp3) is 0.500. The zero-order chi connectivity index (χ0) is 11.5. The van der Waals surface area contributed by atoms with Crippen molar-refractivity contribution in [2.45, 2.75) is 33.6 Å². The van der Waals surface area contributed by atoms with Gasteiger partial charge in [-0.15, -0.1) is 0 Å². The molecule has 3 heteroatoms. The molecule has 0 bridgehead atoms. The summed E-state index contributed by atoms with van der Waals surface area (Å²) < 4.78 is 0. The fourth-order valence-corrected chi connectivity index (χ4v) is 1.62. The van der Waals surface area contributed by atoms with Gasteiger partial charge in [0.1, 0.15) is 5.69 Å². The molecular formula is C12H16ClNO. The molecule has 0 amide bonds. The summed E-state index contributed by atoms with van der Waals surface area (Å²) in [5.41, 5.74) is 0.0446. The topological polar surface area (TPSA) is 30.0 Å². The summed E-state index contributed by atoms with van der Waals surface area (Å²) in [7, 11) is 0. The van der Waals surface area contributed by atoms with E-state index in [1.165, 1.54) is 0 Å². The van der Waals surface area contributed by atoms with Gasteiger partial charge in [-0.05, 0) is 25.0 Å². The van der Waals surface area contributed by atoms with Crippen LogP contribution in [0.3, 0.4) is 0 Å². The van der Waals surface area contributed by atoms with Gasteiger partial charge in [-0.2, -0.15) is 0 Å². The first-order valence-electron chi connectivity index (χ1n) is 5.20. The van der Waals surface area contributed by atoms with Crippen LogP contribution < -0.4 is 0 Å². The highest BCUT2D eigenvalue weighted by Gasteiger charge is 2.32. The average molecular weight is 226 g/mol. The largest absolute Gasteiger partial charge is 0.292 e. The molecule has 0 aromatic carbocycles. The molecule has 0 saturated carbocycles. The Hall–Kier alpha value is -0.890. The Kier molecular flexibility index (Phi) is 3.86. The highest BCUT2D eigenvalue weighted by molar-refractivity contribution is 6.33. The minimum Gasteiger partial charge on any atom is -0.292 e. The summed E-state index contributed by atoms with van der Waals surface area (Å²) in [4.78, 5) is 16.3. The van der Waals surface area contributed by atoms with Crippen LogP contribution in [0.1, 0.15) is 44.1 Å². The summed E-state index contributed by atoms with van der Waals surface area (Å²) in [6.07, 6.45) is 3.20. The van der Waals surface area contributed by atoms with E-state index in [1.54, 1.807) is 18.3 Å². The molecule has 0 N–H and O–H groups in total. The molecule has 0 aliphatic heterocycles. The zero-order valence-electron chi connectivity index (χ0n) is 9.38. The van der Waals surface area contributed by atoms with Crippen molar-refractivity contribution in [1.82, 2.24) is 4.98 Å². The predicted octanol–water partition coefficient (Wildman–Crippen LogP) is 3.74. The van der Waals surface area contributed by atoms with Crippen LogP contribution in [0.25, 0.3) is 0 Å². The standard InChI is InChI=1S/C12H16ClNO/c1-4-12(3,5-2)11(15)10-9(13)7-6-8-14-10/h6-8H,4-5H2,1-3H3. The van der Waals surface area contributed by atoms with Gasteiger partial charge < -0.3 is 0 Å². The first-order valence-corrected chi connectivity index (χ1v) is 5.58. The molecule has 0 fully saturated rings. The van der Waals surface area contributed by atoms with E-state index in [9.17, 15) is 4.79 Å². The maximum Gasteiger partial charge on any atom is 0.188 e. The lowest BCUT2D eigenvalue weighted by molar-refractivity contribution is 0.0797. The molecule has 0 radical (unpaired) electrons. The van der Waals surface area contributed by atoms with Crippen molar-refractivity contribution in [2.24, 2.45) is 5.41 Å². The molecule has 0 aliphatic carbocycles. The normalized spacial score (nSPS) is 11.5. The van der Waals surface area contributed by atoms with Gasteiger partial charge in [-0.3, -0.25) is 9.78 Å². The number of carbonyl (C=O) groups excluding carboxylic acids is 1. The van der Waals surface area contributed by atoms with E-state index in [-0.39, 0.29) is 11.2 Å². The van der Waals surface area contributed by atoms with Crippen molar-refractivity contribution < 1.29 is 4.79 Å². The van der Waals surface area contributed by atoms with E-state index < -0.39 is 0 Å². The van der Waals surface area contributed by atoms with E-state index in [0.29, 0.717) is 10.7 Å². The van der Waals surface area contributed by atoms with Crippen molar-refractivity contribution in [3.63, 3.8) is 0 Å². The molecule has 1 aromatic heterocycles. The number of Topliss-reactive ketones (excluding diaryl/α,β-unsaturated/α-hetero) is 1. The number of halogens is 1. The van der Waals surface area contributed by atoms with Crippen LogP contribution in [0.15, 0.2) is 18.3 Å². The maximum atomic E-state index is 12.2. The van der Waals surface area contributed by atoms with E-state index in [0.717, 1.165) is 12.8 Å². The lowest BCUT2D eigenvalue weighted by Gasteiger charge is -2.24. The van der Waals surface area contributed by atoms with Gasteiger partial charge in [0.15, 0.2) is 5.78 Å². The number of aromatic nitrogens is 1. The summed E-state index contributed by atoms with van der Waals surface area (Å²) in [5.74, 6) is 0.0399. The second kappa shape index (κ2) is 4.75. The molecule has 0 saturated heterocycles. The maximum absolute atomic E-state index is 12.2. The second-order valence-corrected chi connectivity index (χ2v) is 4.34. The molecule has 1 rings (SSSR count). The van der Waals surface area contributed by atoms with Crippen molar-refractivity contribution >= 4 is 17.4 Å². The number of hydrogen-bond acceptors (Lipinski definition) is 2. The van der Waals surface area contributed by atoms with Crippen molar-refractivity contribution in [1.29, 1.82) is 0 Å². The summed E-state index contributed by atoms with van der Waals surface area (Å²) >= 11 is 5.96. The third-order valence-corrected chi connectivity index (χ3v) is 3.39. The third-order valence-electron chi connectivity index (χ3n) is 3.08. The number of hydrogen-bond donors (Lipinski definition) is 0. The Morgan fingerprint density at radius 2 is 2.07 bits per heavy atom. The van der Waals surface area contributed by atoms with Gasteiger partial charge >= 0.3 is 0 Å². The number of nitrogens with zero attached hydrogens (tertiary/aromatic N) is 1. The van der Waals surface area contributed by atoms with E-state index in [2.05, 4.69) is 4.98 Å². The summed E-state index contributed by atoms with van der Waals surface area (Å²) in [5, 5.41) is 0.440. The van der Waals surface area contributed by atoms with Crippen LogP contribution in [0.5, 0.6) is 0 Å². The molecule has 0 unspecified atom stereocenters. The van der Waals surface area contributed by atoms with Gasteiger partial charge in [0.2, 0.25) is 0 Å². The van der Waals surface area contributed by atoms with Crippen LogP contribution in [0, 0.1) is 5.41 Å². The van der Waals surface area contributed by atoms with Crippen LogP contribution in [-0.2, 0) is 0 Å². The zero-order valence-corrected chi connectivity index (χ0v) is 10.1. The fourth-order valence-electron chi connectivity index (χ4n) is 1.41. The monoisotopic (exact) mass is 225 g/mol. The van der Waals surface area contributed by atoms with E-state index >= 15 is 0 Å². The molecule has 1 heterocycles. The van der Waals surface area contributed by atoms with Gasteiger partial charge in [-0.1, -0.05) is 32.4 Å². The SMILES string of the molecule is CCC(C)(CC)C(=O)c1ncccc1Cl. The minimum absolute atomic E-state index is 0.0399. The Labute approximate surface area is 95.7 Å². The molecule has 82 valence electrons. The molecule has 0 aliphatic rings. The summed E-state index contributed by atoms with van der Waals surface area (Å²) in [6.45, 7) is 5.98. The van der Waals surface area contributed by atoms with Crippen LogP contribution in [0.2, 0.25) is 5.02 Å². The molecule has 1 aromatic rings. The van der Waals surface area contributed by atoms with Crippen molar-refractivity contribution in [3.8, 4) is 0 Å². The number of pyridine rings is 1. The first kappa shape index (κ1) is 12.2. The first-order chi connectivity index (χ1) is 7.05. The Morgan fingerprint density at radius 3 is 2.53 bits per heavy atom. The number of rotatable bonds is 4. The highest BCUT2D eigenvalue weighted by atomic mass is 35.5. The summed E-state index contributed by atoms with van der Waals surface area (Å²) in [6, 6.07) is 3.43. The molecule has 0 atom stereocenters. The van der Waals surface area contributed by atoms with Crippen LogP contribution in [-0.4, -0.2) is 10.8 Å². The molecule has 15 heavy (non-hydrogen) atoms. The number of ketones is 1. The highest BCUT2D eigenvalue weighted by Crippen LogP contribution is 2.31. The second-order valence-electron chi connectivity index (χ2n) is 3.93. The average Bonchev–Trinajstić information content (AvgIpc) is 2.28. The van der Waals surface area contributed by atoms with Crippen LogP contribution in [0.4, 0.5) is 0 Å². The Bertz CT molecular complexity index is 358. The quantitative estimate of drug-likeness (QED) is 0.731. The van der Waals surface area contributed by atoms with Gasteiger partial charge in [0.05, 0.1) is 5.02 Å². The lowest BCUT2D eigenvalue weighted by atomic mass is 9.79. The molecular weight excluding hydrogens is 210 g/mol. The minimum atomic E-state index is -0.349. The van der Waals surface area contributed by atoms with Gasteiger partial charge in [0.25, 0.3) is 0 Å². The smallest absolute Gasteiger partial charge is 0.188 e. The molecule has 0 spiro atoms. The van der Waals surface area contributed by atoms with Crippen molar-refractivity contribution in [2.75, 3.05) is 0 Å². The number of carbonyl (C=O) groups is 1. The lowest BCUT2D eigenvalue weighted by Crippen LogP contribution is -2.27. The Balaban J connectivity index is 3.09. The van der Waals surface area contributed by atoms with Gasteiger partial charge in [0, 0.05) is 11.6 Å². The Morgan fingerprint density at radius 1 is 1.47 bits per heavy atom.